The number of hydrogen-bond donors (Lipinski definition) is 2. The van der Waals surface area contributed by atoms with Crippen molar-refractivity contribution in [3.05, 3.63) is 42.1 Å². The Morgan fingerprint density at radius 3 is 2.94 bits per heavy atom. The highest BCUT2D eigenvalue weighted by molar-refractivity contribution is 7.80. The van der Waals surface area contributed by atoms with Crippen molar-refractivity contribution in [1.82, 2.24) is 9.88 Å². The Balaban J connectivity index is 1.97. The summed E-state index contributed by atoms with van der Waals surface area (Å²) in [6.45, 7) is 2.12. The number of nitrogens with zero attached hydrogens (tertiary/aromatic N) is 1. The number of benzene rings is 1. The Morgan fingerprint density at radius 1 is 1.29 bits per heavy atom. The zero-order chi connectivity index (χ0) is 11.7. The first kappa shape index (κ1) is 10.9. The van der Waals surface area contributed by atoms with Crippen molar-refractivity contribution in [2.24, 2.45) is 0 Å². The van der Waals surface area contributed by atoms with Crippen molar-refractivity contribution in [3.8, 4) is 0 Å². The molecule has 88 valence electrons. The first-order chi connectivity index (χ1) is 8.38. The fourth-order valence-corrected chi connectivity index (χ4v) is 2.68. The molecule has 0 bridgehead atoms. The lowest BCUT2D eigenvalue weighted by Crippen LogP contribution is -2.27. The van der Waals surface area contributed by atoms with Gasteiger partial charge in [-0.05, 0) is 18.1 Å². The van der Waals surface area contributed by atoms with Gasteiger partial charge in [-0.3, -0.25) is 4.90 Å². The first-order valence-corrected chi connectivity index (χ1v) is 6.60. The van der Waals surface area contributed by atoms with Gasteiger partial charge in [0.15, 0.2) is 0 Å². The van der Waals surface area contributed by atoms with Crippen LogP contribution in [0.2, 0.25) is 0 Å². The van der Waals surface area contributed by atoms with E-state index in [1.165, 1.54) is 22.0 Å². The average molecular weight is 244 g/mol. The summed E-state index contributed by atoms with van der Waals surface area (Å²) in [6, 6.07) is 8.48. The molecule has 3 heteroatoms. The van der Waals surface area contributed by atoms with Crippen LogP contribution in [0.4, 0.5) is 0 Å². The van der Waals surface area contributed by atoms with E-state index in [2.05, 4.69) is 59.1 Å². The quantitative estimate of drug-likeness (QED) is 0.777. The van der Waals surface area contributed by atoms with E-state index in [4.69, 9.17) is 0 Å². The van der Waals surface area contributed by atoms with Crippen LogP contribution in [0.1, 0.15) is 12.0 Å². The van der Waals surface area contributed by atoms with Crippen molar-refractivity contribution in [2.75, 3.05) is 19.0 Å². The molecule has 0 saturated carbocycles. The summed E-state index contributed by atoms with van der Waals surface area (Å²) < 4.78 is 0. The molecule has 1 aliphatic rings. The van der Waals surface area contributed by atoms with Crippen LogP contribution in [-0.4, -0.2) is 28.9 Å². The molecule has 0 unspecified atom stereocenters. The smallest absolute Gasteiger partial charge is 0.0460 e. The van der Waals surface area contributed by atoms with Crippen molar-refractivity contribution in [1.29, 1.82) is 0 Å². The molecule has 3 rings (SSSR count). The van der Waals surface area contributed by atoms with Crippen LogP contribution in [0.3, 0.4) is 0 Å². The summed E-state index contributed by atoms with van der Waals surface area (Å²) in [5.74, 6) is 0.845. The van der Waals surface area contributed by atoms with Gasteiger partial charge in [-0.25, -0.2) is 0 Å². The molecule has 1 N–H and O–H groups in total. The lowest BCUT2D eigenvalue weighted by atomic mass is 9.99. The summed E-state index contributed by atoms with van der Waals surface area (Å²) in [4.78, 5) is 5.68. The normalized spacial score (nSPS) is 17.4. The Morgan fingerprint density at radius 2 is 2.18 bits per heavy atom. The van der Waals surface area contributed by atoms with Gasteiger partial charge >= 0.3 is 0 Å². The van der Waals surface area contributed by atoms with Crippen LogP contribution in [0.15, 0.2) is 36.5 Å². The largest absolute Gasteiger partial charge is 0.361 e. The first-order valence-electron chi connectivity index (χ1n) is 5.97. The van der Waals surface area contributed by atoms with Crippen molar-refractivity contribution >= 4 is 29.1 Å². The van der Waals surface area contributed by atoms with Gasteiger partial charge in [0.25, 0.3) is 0 Å². The fourth-order valence-electron chi connectivity index (χ4n) is 2.42. The second-order valence-electron chi connectivity index (χ2n) is 4.45. The minimum absolute atomic E-state index is 0.845. The molecular weight excluding hydrogens is 228 g/mol. The molecule has 2 heterocycles. The van der Waals surface area contributed by atoms with Gasteiger partial charge in [0.05, 0.1) is 0 Å². The zero-order valence-corrected chi connectivity index (χ0v) is 10.6. The van der Waals surface area contributed by atoms with Gasteiger partial charge < -0.3 is 4.98 Å². The van der Waals surface area contributed by atoms with E-state index in [-0.39, 0.29) is 0 Å². The number of nitrogens with one attached hydrogen (secondary N) is 1. The Bertz CT molecular complexity index is 556. The van der Waals surface area contributed by atoms with Gasteiger partial charge in [-0.2, -0.15) is 12.6 Å². The number of thiol groups is 1. The van der Waals surface area contributed by atoms with E-state index in [1.54, 1.807) is 0 Å². The predicted octanol–water partition coefficient (Wildman–Crippen LogP) is 3.14. The van der Waals surface area contributed by atoms with Gasteiger partial charge in [0, 0.05) is 41.6 Å². The number of H-pyrrole nitrogens is 1. The van der Waals surface area contributed by atoms with Gasteiger partial charge in [-0.15, -0.1) is 0 Å². The molecule has 0 amide bonds. The number of hydrogen-bond acceptors (Lipinski definition) is 2. The average Bonchev–Trinajstić information content (AvgIpc) is 2.83. The maximum Gasteiger partial charge on any atom is 0.0460 e. The van der Waals surface area contributed by atoms with E-state index in [0.29, 0.717) is 0 Å². The number of aromatic nitrogens is 1. The molecule has 0 fully saturated rings. The number of fused-ring (bicyclic) bond motifs is 1. The molecule has 0 atom stereocenters. The predicted molar refractivity (Wildman–Crippen MR) is 76.3 cm³/mol. The van der Waals surface area contributed by atoms with Crippen LogP contribution in [0.25, 0.3) is 16.5 Å². The third-order valence-electron chi connectivity index (χ3n) is 3.43. The maximum atomic E-state index is 4.32. The summed E-state index contributed by atoms with van der Waals surface area (Å²) in [6.07, 6.45) is 5.57. The highest BCUT2D eigenvalue weighted by Gasteiger charge is 2.14. The monoisotopic (exact) mass is 244 g/mol. The molecule has 2 aromatic rings. The number of rotatable bonds is 2. The zero-order valence-electron chi connectivity index (χ0n) is 9.69. The highest BCUT2D eigenvalue weighted by atomic mass is 32.1. The summed E-state index contributed by atoms with van der Waals surface area (Å²) in [5.41, 5.74) is 4.04. The van der Waals surface area contributed by atoms with E-state index in [1.807, 2.05) is 0 Å². The van der Waals surface area contributed by atoms with Gasteiger partial charge in [0.1, 0.15) is 0 Å². The second kappa shape index (κ2) is 4.59. The molecule has 0 aliphatic carbocycles. The SMILES string of the molecule is SCN1CC=C(c2c[nH]c3ccccc23)CC1. The lowest BCUT2D eigenvalue weighted by Gasteiger charge is -2.24. The molecule has 2 nitrogen and oxygen atoms in total. The highest BCUT2D eigenvalue weighted by Crippen LogP contribution is 2.28. The van der Waals surface area contributed by atoms with Crippen LogP contribution < -0.4 is 0 Å². The topological polar surface area (TPSA) is 19.0 Å². The molecule has 1 aliphatic heterocycles. The molecule has 0 spiro atoms. The van der Waals surface area contributed by atoms with Gasteiger partial charge in [-0.1, -0.05) is 24.3 Å². The maximum absolute atomic E-state index is 4.32. The minimum Gasteiger partial charge on any atom is -0.361 e. The Labute approximate surface area is 107 Å². The van der Waals surface area contributed by atoms with Crippen LogP contribution in [-0.2, 0) is 0 Å². The molecule has 0 radical (unpaired) electrons. The minimum atomic E-state index is 0.845. The van der Waals surface area contributed by atoms with E-state index < -0.39 is 0 Å². The fraction of sp³-hybridized carbons (Fsp3) is 0.286. The van der Waals surface area contributed by atoms with Crippen molar-refractivity contribution < 1.29 is 0 Å². The van der Waals surface area contributed by atoms with Gasteiger partial charge in [0.2, 0.25) is 0 Å². The van der Waals surface area contributed by atoms with E-state index in [9.17, 15) is 0 Å². The molecule has 17 heavy (non-hydrogen) atoms. The van der Waals surface area contributed by atoms with Crippen LogP contribution in [0, 0.1) is 0 Å². The third-order valence-corrected chi connectivity index (χ3v) is 3.83. The number of aromatic amines is 1. The van der Waals surface area contributed by atoms with Crippen LogP contribution in [0.5, 0.6) is 0 Å². The molecule has 1 aromatic carbocycles. The second-order valence-corrected chi connectivity index (χ2v) is 4.73. The van der Waals surface area contributed by atoms with Crippen LogP contribution >= 0.6 is 12.6 Å². The Kier molecular flexibility index (Phi) is 2.95. The molecule has 0 saturated heterocycles. The molecule has 1 aromatic heterocycles. The summed E-state index contributed by atoms with van der Waals surface area (Å²) in [5, 5.41) is 1.33. The van der Waals surface area contributed by atoms with E-state index in [0.717, 1.165) is 25.4 Å². The molecular formula is C14H16N2S. The lowest BCUT2D eigenvalue weighted by molar-refractivity contribution is 0.356. The van der Waals surface area contributed by atoms with Crippen molar-refractivity contribution in [2.45, 2.75) is 6.42 Å². The third kappa shape index (κ3) is 2.01. The number of para-hydroxylation sites is 1. The summed E-state index contributed by atoms with van der Waals surface area (Å²) >= 11 is 4.32. The summed E-state index contributed by atoms with van der Waals surface area (Å²) in [7, 11) is 0. The van der Waals surface area contributed by atoms with E-state index >= 15 is 0 Å². The van der Waals surface area contributed by atoms with Crippen molar-refractivity contribution in [3.63, 3.8) is 0 Å². The Hall–Kier alpha value is -1.19. The standard InChI is InChI=1S/C14H16N2S/c17-10-16-7-5-11(6-8-16)13-9-15-14-4-2-1-3-12(13)14/h1-5,9,15,17H,6-8,10H2.